The van der Waals surface area contributed by atoms with Crippen LogP contribution in [-0.4, -0.2) is 40.0 Å². The molecule has 8 nitrogen and oxygen atoms in total. The standard InChI is InChI=1S/C17H22N6O2/c1-3-4-14-15(16(24)19-11-5-6-11)21-22-23(14)13-9-7-12(8-10-13)20-17(25)18-2/h7-11H,3-6H2,1-2H3,(H,19,24)(H2,18,20,25). The van der Waals surface area contributed by atoms with Gasteiger partial charge in [0.15, 0.2) is 5.69 Å². The lowest BCUT2D eigenvalue weighted by Gasteiger charge is -2.09. The highest BCUT2D eigenvalue weighted by Crippen LogP contribution is 2.21. The lowest BCUT2D eigenvalue weighted by atomic mass is 10.2. The van der Waals surface area contributed by atoms with Gasteiger partial charge in [0.25, 0.3) is 5.91 Å². The number of anilines is 1. The molecule has 0 atom stereocenters. The minimum atomic E-state index is -0.279. The predicted octanol–water partition coefficient (Wildman–Crippen LogP) is 1.86. The monoisotopic (exact) mass is 342 g/mol. The van der Waals surface area contributed by atoms with Gasteiger partial charge in [-0.3, -0.25) is 4.79 Å². The number of nitrogens with one attached hydrogen (secondary N) is 3. The second-order valence-electron chi connectivity index (χ2n) is 6.05. The van der Waals surface area contributed by atoms with Crippen LogP contribution < -0.4 is 16.0 Å². The number of amides is 3. The fourth-order valence-electron chi connectivity index (χ4n) is 2.51. The van der Waals surface area contributed by atoms with Crippen molar-refractivity contribution in [3.63, 3.8) is 0 Å². The van der Waals surface area contributed by atoms with Crippen LogP contribution in [0.5, 0.6) is 0 Å². The van der Waals surface area contributed by atoms with E-state index in [0.29, 0.717) is 17.8 Å². The quantitative estimate of drug-likeness (QED) is 0.746. The summed E-state index contributed by atoms with van der Waals surface area (Å²) < 4.78 is 1.69. The van der Waals surface area contributed by atoms with Gasteiger partial charge in [-0.1, -0.05) is 18.6 Å². The van der Waals surface area contributed by atoms with Crippen molar-refractivity contribution in [3.05, 3.63) is 35.7 Å². The van der Waals surface area contributed by atoms with Crippen LogP contribution >= 0.6 is 0 Å². The van der Waals surface area contributed by atoms with E-state index < -0.39 is 0 Å². The molecule has 25 heavy (non-hydrogen) atoms. The zero-order valence-electron chi connectivity index (χ0n) is 14.4. The third-order valence-electron chi connectivity index (χ3n) is 3.97. The summed E-state index contributed by atoms with van der Waals surface area (Å²) in [5.41, 5.74) is 2.66. The minimum Gasteiger partial charge on any atom is -0.348 e. The molecule has 0 saturated heterocycles. The van der Waals surface area contributed by atoms with Gasteiger partial charge in [-0.2, -0.15) is 0 Å². The van der Waals surface area contributed by atoms with Crippen LogP contribution in [0.25, 0.3) is 5.69 Å². The van der Waals surface area contributed by atoms with E-state index >= 15 is 0 Å². The van der Waals surface area contributed by atoms with Crippen LogP contribution in [0.4, 0.5) is 10.5 Å². The smallest absolute Gasteiger partial charge is 0.318 e. The Labute approximate surface area is 146 Å². The first-order valence-electron chi connectivity index (χ1n) is 8.47. The van der Waals surface area contributed by atoms with E-state index in [0.717, 1.165) is 30.6 Å². The summed E-state index contributed by atoms with van der Waals surface area (Å²) in [5, 5.41) is 16.4. The maximum absolute atomic E-state index is 12.4. The molecule has 1 aliphatic rings. The van der Waals surface area contributed by atoms with Crippen molar-refractivity contribution in [1.29, 1.82) is 0 Å². The number of carbonyl (C=O) groups excluding carboxylic acids is 2. The zero-order valence-corrected chi connectivity index (χ0v) is 14.4. The Hall–Kier alpha value is -2.90. The second kappa shape index (κ2) is 7.33. The highest BCUT2D eigenvalue weighted by Gasteiger charge is 2.27. The van der Waals surface area contributed by atoms with Crippen LogP contribution in [0.2, 0.25) is 0 Å². The fraction of sp³-hybridized carbons (Fsp3) is 0.412. The van der Waals surface area contributed by atoms with E-state index in [1.54, 1.807) is 23.9 Å². The molecular formula is C17H22N6O2. The Kier molecular flexibility index (Phi) is 4.97. The van der Waals surface area contributed by atoms with Gasteiger partial charge in [-0.15, -0.1) is 5.10 Å². The molecule has 0 bridgehead atoms. The summed E-state index contributed by atoms with van der Waals surface area (Å²) in [6, 6.07) is 7.24. The average Bonchev–Trinajstić information content (AvgIpc) is 3.33. The van der Waals surface area contributed by atoms with Crippen LogP contribution in [0.15, 0.2) is 24.3 Å². The molecule has 0 spiro atoms. The van der Waals surface area contributed by atoms with Gasteiger partial charge in [0.05, 0.1) is 11.4 Å². The summed E-state index contributed by atoms with van der Waals surface area (Å²) in [5.74, 6) is -0.157. The van der Waals surface area contributed by atoms with Crippen molar-refractivity contribution in [3.8, 4) is 5.69 Å². The van der Waals surface area contributed by atoms with E-state index in [1.165, 1.54) is 0 Å². The fourth-order valence-corrected chi connectivity index (χ4v) is 2.51. The number of hydrogen-bond donors (Lipinski definition) is 3. The highest BCUT2D eigenvalue weighted by atomic mass is 16.2. The van der Waals surface area contributed by atoms with Gasteiger partial charge in [0.1, 0.15) is 0 Å². The number of urea groups is 1. The largest absolute Gasteiger partial charge is 0.348 e. The minimum absolute atomic E-state index is 0.157. The van der Waals surface area contributed by atoms with E-state index in [1.807, 2.05) is 12.1 Å². The molecule has 0 unspecified atom stereocenters. The first-order chi connectivity index (χ1) is 12.1. The molecule has 8 heteroatoms. The molecule has 1 fully saturated rings. The number of aromatic nitrogens is 3. The molecule has 1 heterocycles. The highest BCUT2D eigenvalue weighted by molar-refractivity contribution is 5.93. The Bertz CT molecular complexity index is 764. The molecule has 1 aromatic carbocycles. The summed E-state index contributed by atoms with van der Waals surface area (Å²) in [6.45, 7) is 2.05. The Morgan fingerprint density at radius 2 is 1.96 bits per heavy atom. The number of hydrogen-bond acceptors (Lipinski definition) is 4. The van der Waals surface area contributed by atoms with Gasteiger partial charge in [-0.05, 0) is 43.5 Å². The molecule has 3 rings (SSSR count). The first-order valence-corrected chi connectivity index (χ1v) is 8.47. The van der Waals surface area contributed by atoms with E-state index in [2.05, 4.69) is 33.2 Å². The normalized spacial score (nSPS) is 13.4. The number of nitrogens with zero attached hydrogens (tertiary/aromatic N) is 3. The number of benzene rings is 1. The van der Waals surface area contributed by atoms with Crippen molar-refractivity contribution >= 4 is 17.6 Å². The van der Waals surface area contributed by atoms with Crippen molar-refractivity contribution in [1.82, 2.24) is 25.6 Å². The SMILES string of the molecule is CCCc1c(C(=O)NC2CC2)nnn1-c1ccc(NC(=O)NC)cc1. The first kappa shape index (κ1) is 16.9. The zero-order chi connectivity index (χ0) is 17.8. The molecule has 0 radical (unpaired) electrons. The van der Waals surface area contributed by atoms with E-state index in [9.17, 15) is 9.59 Å². The van der Waals surface area contributed by atoms with Crippen LogP contribution in [0.1, 0.15) is 42.4 Å². The number of carbonyl (C=O) groups is 2. The van der Waals surface area contributed by atoms with E-state index in [4.69, 9.17) is 0 Å². The van der Waals surface area contributed by atoms with Gasteiger partial charge in [0.2, 0.25) is 0 Å². The van der Waals surface area contributed by atoms with Gasteiger partial charge in [0, 0.05) is 18.8 Å². The molecule has 0 aliphatic heterocycles. The maximum atomic E-state index is 12.4. The Morgan fingerprint density at radius 3 is 2.56 bits per heavy atom. The van der Waals surface area contributed by atoms with Crippen LogP contribution in [0.3, 0.4) is 0 Å². The summed E-state index contributed by atoms with van der Waals surface area (Å²) in [6.07, 6.45) is 3.65. The molecule has 3 N–H and O–H groups in total. The van der Waals surface area contributed by atoms with Gasteiger partial charge < -0.3 is 16.0 Å². The van der Waals surface area contributed by atoms with E-state index in [-0.39, 0.29) is 18.0 Å². The third kappa shape index (κ3) is 3.96. The average molecular weight is 342 g/mol. The van der Waals surface area contributed by atoms with Crippen molar-refractivity contribution in [2.75, 3.05) is 12.4 Å². The van der Waals surface area contributed by atoms with Crippen molar-refractivity contribution in [2.45, 2.75) is 38.6 Å². The van der Waals surface area contributed by atoms with Crippen LogP contribution in [-0.2, 0) is 6.42 Å². The third-order valence-corrected chi connectivity index (χ3v) is 3.97. The molecular weight excluding hydrogens is 320 g/mol. The van der Waals surface area contributed by atoms with Crippen molar-refractivity contribution in [2.24, 2.45) is 0 Å². The molecule has 132 valence electrons. The Balaban J connectivity index is 1.84. The van der Waals surface area contributed by atoms with Crippen molar-refractivity contribution < 1.29 is 9.59 Å². The molecule has 1 saturated carbocycles. The lowest BCUT2D eigenvalue weighted by molar-refractivity contribution is 0.0945. The Morgan fingerprint density at radius 1 is 1.24 bits per heavy atom. The maximum Gasteiger partial charge on any atom is 0.318 e. The molecule has 1 aromatic heterocycles. The van der Waals surface area contributed by atoms with Gasteiger partial charge >= 0.3 is 6.03 Å². The lowest BCUT2D eigenvalue weighted by Crippen LogP contribution is -2.27. The second-order valence-corrected chi connectivity index (χ2v) is 6.05. The summed E-state index contributed by atoms with van der Waals surface area (Å²) >= 11 is 0. The summed E-state index contributed by atoms with van der Waals surface area (Å²) in [4.78, 5) is 23.7. The summed E-state index contributed by atoms with van der Waals surface area (Å²) in [7, 11) is 1.56. The molecule has 1 aliphatic carbocycles. The van der Waals surface area contributed by atoms with Crippen LogP contribution in [0, 0.1) is 0 Å². The predicted molar refractivity (Wildman–Crippen MR) is 93.9 cm³/mol. The molecule has 3 amide bonds. The topological polar surface area (TPSA) is 101 Å². The van der Waals surface area contributed by atoms with Gasteiger partial charge in [-0.25, -0.2) is 9.48 Å². The number of rotatable bonds is 6. The molecule has 2 aromatic rings.